The second-order valence-electron chi connectivity index (χ2n) is 7.16. The molecule has 3 heterocycles. The number of amides is 1. The minimum atomic E-state index is -0.0752. The molecule has 6 heteroatoms. The molecule has 1 amide bonds. The molecule has 0 radical (unpaired) electrons. The van der Waals surface area contributed by atoms with Crippen LogP contribution in [0.15, 0.2) is 53.1 Å². The van der Waals surface area contributed by atoms with Crippen LogP contribution in [0.5, 0.6) is 0 Å². The molecule has 1 aromatic carbocycles. The van der Waals surface area contributed by atoms with Crippen LogP contribution in [0.2, 0.25) is 5.02 Å². The van der Waals surface area contributed by atoms with Gasteiger partial charge in [-0.2, -0.15) is 0 Å². The summed E-state index contributed by atoms with van der Waals surface area (Å²) in [6.07, 6.45) is 4.10. The van der Waals surface area contributed by atoms with Gasteiger partial charge in [0.05, 0.1) is 0 Å². The van der Waals surface area contributed by atoms with Crippen molar-refractivity contribution >= 4 is 17.5 Å². The number of pyridine rings is 1. The van der Waals surface area contributed by atoms with Crippen molar-refractivity contribution in [1.29, 1.82) is 0 Å². The van der Waals surface area contributed by atoms with Crippen LogP contribution in [0.4, 0.5) is 0 Å². The maximum Gasteiger partial charge on any atom is 0.275 e. The zero-order chi connectivity index (χ0) is 19.5. The predicted octanol–water partition coefficient (Wildman–Crippen LogP) is 4.64. The summed E-state index contributed by atoms with van der Waals surface area (Å²) in [5.74, 6) is 0.650. The summed E-state index contributed by atoms with van der Waals surface area (Å²) >= 11 is 6.29. The van der Waals surface area contributed by atoms with Gasteiger partial charge in [0, 0.05) is 48.8 Å². The van der Waals surface area contributed by atoms with E-state index in [0.29, 0.717) is 24.6 Å². The Hall–Kier alpha value is -2.66. The highest BCUT2D eigenvalue weighted by Gasteiger charge is 2.27. The fourth-order valence-electron chi connectivity index (χ4n) is 3.69. The minimum Gasteiger partial charge on any atom is -0.448 e. The molecule has 144 valence electrons. The lowest BCUT2D eigenvalue weighted by Gasteiger charge is -2.32. The van der Waals surface area contributed by atoms with Gasteiger partial charge in [-0.3, -0.25) is 9.78 Å². The third-order valence-electron chi connectivity index (χ3n) is 5.12. The molecule has 5 nitrogen and oxygen atoms in total. The van der Waals surface area contributed by atoms with E-state index < -0.39 is 0 Å². The van der Waals surface area contributed by atoms with Crippen LogP contribution in [0.1, 0.15) is 52.1 Å². The number of rotatable bonds is 4. The van der Waals surface area contributed by atoms with Crippen LogP contribution < -0.4 is 0 Å². The predicted molar refractivity (Wildman–Crippen MR) is 108 cm³/mol. The van der Waals surface area contributed by atoms with Crippen molar-refractivity contribution in [2.75, 3.05) is 13.1 Å². The van der Waals surface area contributed by atoms with Crippen LogP contribution in [-0.4, -0.2) is 33.9 Å². The first-order valence-corrected chi connectivity index (χ1v) is 9.88. The zero-order valence-electron chi connectivity index (χ0n) is 15.8. The van der Waals surface area contributed by atoms with E-state index in [-0.39, 0.29) is 11.8 Å². The summed E-state index contributed by atoms with van der Waals surface area (Å²) in [6, 6.07) is 14.0. The molecule has 1 aliphatic rings. The fourth-order valence-corrected chi connectivity index (χ4v) is 3.89. The average Bonchev–Trinajstić information content (AvgIpc) is 3.16. The molecule has 0 N–H and O–H groups in total. The Balaban J connectivity index is 1.49. The fraction of sp³-hybridized carbons (Fsp3) is 0.318. The van der Waals surface area contributed by atoms with Crippen LogP contribution in [-0.2, 0) is 6.42 Å². The third kappa shape index (κ3) is 4.09. The summed E-state index contributed by atoms with van der Waals surface area (Å²) in [6.45, 7) is 3.12. The molecule has 1 fully saturated rings. The minimum absolute atomic E-state index is 0.0752. The Labute approximate surface area is 169 Å². The monoisotopic (exact) mass is 395 g/mol. The molecule has 4 rings (SSSR count). The van der Waals surface area contributed by atoms with Gasteiger partial charge >= 0.3 is 0 Å². The smallest absolute Gasteiger partial charge is 0.275 e. The highest BCUT2D eigenvalue weighted by molar-refractivity contribution is 6.31. The van der Waals surface area contributed by atoms with E-state index in [4.69, 9.17) is 21.0 Å². The SMILES string of the molecule is Cc1nc(C(=O)N2CCC[C@H](c3cccc(Cc4ccccc4Cl)n3)C2)co1. The zero-order valence-corrected chi connectivity index (χ0v) is 16.5. The summed E-state index contributed by atoms with van der Waals surface area (Å²) in [4.78, 5) is 23.6. The number of nitrogens with zero attached hydrogens (tertiary/aromatic N) is 3. The van der Waals surface area contributed by atoms with Crippen LogP contribution in [0.25, 0.3) is 0 Å². The topological polar surface area (TPSA) is 59.2 Å². The Kier molecular flexibility index (Phi) is 5.44. The Morgan fingerprint density at radius 2 is 2.07 bits per heavy atom. The molecule has 0 aliphatic carbocycles. The molecule has 0 saturated carbocycles. The number of piperidine rings is 1. The quantitative estimate of drug-likeness (QED) is 0.645. The van der Waals surface area contributed by atoms with Crippen molar-refractivity contribution in [1.82, 2.24) is 14.9 Å². The van der Waals surface area contributed by atoms with E-state index in [1.165, 1.54) is 6.26 Å². The first-order valence-electron chi connectivity index (χ1n) is 9.51. The summed E-state index contributed by atoms with van der Waals surface area (Å²) < 4.78 is 5.19. The van der Waals surface area contributed by atoms with Crippen LogP contribution in [0.3, 0.4) is 0 Å². The number of halogens is 1. The number of hydrogen-bond donors (Lipinski definition) is 0. The summed E-state index contributed by atoms with van der Waals surface area (Å²) in [7, 11) is 0. The van der Waals surface area contributed by atoms with Crippen molar-refractivity contribution in [3.05, 3.63) is 82.3 Å². The molecule has 0 bridgehead atoms. The number of hydrogen-bond acceptors (Lipinski definition) is 4. The van der Waals surface area contributed by atoms with Gasteiger partial charge in [-0.05, 0) is 36.6 Å². The van der Waals surface area contributed by atoms with Crippen LogP contribution >= 0.6 is 11.6 Å². The molecule has 1 saturated heterocycles. The lowest BCUT2D eigenvalue weighted by atomic mass is 9.93. The van der Waals surface area contributed by atoms with Gasteiger partial charge in [-0.25, -0.2) is 4.98 Å². The number of benzene rings is 1. The Morgan fingerprint density at radius 1 is 1.21 bits per heavy atom. The second-order valence-corrected chi connectivity index (χ2v) is 7.57. The number of likely N-dealkylation sites (tertiary alicyclic amines) is 1. The van der Waals surface area contributed by atoms with E-state index in [1.807, 2.05) is 41.3 Å². The van der Waals surface area contributed by atoms with Crippen molar-refractivity contribution in [2.24, 2.45) is 0 Å². The van der Waals surface area contributed by atoms with E-state index >= 15 is 0 Å². The number of aryl methyl sites for hydroxylation is 1. The maximum absolute atomic E-state index is 12.7. The van der Waals surface area contributed by atoms with E-state index in [0.717, 1.165) is 41.4 Å². The Morgan fingerprint density at radius 3 is 2.86 bits per heavy atom. The van der Waals surface area contributed by atoms with Crippen LogP contribution in [0, 0.1) is 6.92 Å². The third-order valence-corrected chi connectivity index (χ3v) is 5.49. The molecule has 1 aliphatic heterocycles. The van der Waals surface area contributed by atoms with E-state index in [9.17, 15) is 4.79 Å². The highest BCUT2D eigenvalue weighted by Crippen LogP contribution is 2.27. The number of carbonyl (C=O) groups excluding carboxylic acids is 1. The molecular formula is C22H22ClN3O2. The molecule has 2 aromatic heterocycles. The second kappa shape index (κ2) is 8.15. The van der Waals surface area contributed by atoms with Gasteiger partial charge in [0.1, 0.15) is 6.26 Å². The molecule has 3 aromatic rings. The van der Waals surface area contributed by atoms with Gasteiger partial charge in [-0.1, -0.05) is 35.9 Å². The lowest BCUT2D eigenvalue weighted by Crippen LogP contribution is -2.39. The standard InChI is InChI=1S/C22H22ClN3O2/c1-15-24-21(14-28-15)22(27)26-11-5-7-17(13-26)20-10-4-8-18(25-20)12-16-6-2-3-9-19(16)23/h2-4,6,8-10,14,17H,5,7,11-13H2,1H3/t17-/m0/s1. The first kappa shape index (κ1) is 18.7. The van der Waals surface area contributed by atoms with Crippen molar-refractivity contribution in [3.63, 3.8) is 0 Å². The number of aromatic nitrogens is 2. The summed E-state index contributed by atoms with van der Waals surface area (Å²) in [5.41, 5.74) is 3.45. The van der Waals surface area contributed by atoms with E-state index in [1.54, 1.807) is 6.92 Å². The summed E-state index contributed by atoms with van der Waals surface area (Å²) in [5, 5.41) is 0.757. The maximum atomic E-state index is 12.7. The van der Waals surface area contributed by atoms with E-state index in [2.05, 4.69) is 11.1 Å². The Bertz CT molecular complexity index is 985. The molecule has 0 unspecified atom stereocenters. The molecule has 28 heavy (non-hydrogen) atoms. The first-order chi connectivity index (χ1) is 13.6. The van der Waals surface area contributed by atoms with Crippen molar-refractivity contribution in [3.8, 4) is 0 Å². The van der Waals surface area contributed by atoms with Crippen molar-refractivity contribution in [2.45, 2.75) is 32.1 Å². The normalized spacial score (nSPS) is 16.9. The molecule has 0 spiro atoms. The van der Waals surface area contributed by atoms with Gasteiger partial charge < -0.3 is 9.32 Å². The van der Waals surface area contributed by atoms with Gasteiger partial charge in [0.2, 0.25) is 0 Å². The number of oxazole rings is 1. The van der Waals surface area contributed by atoms with Gasteiger partial charge in [0.15, 0.2) is 11.6 Å². The largest absolute Gasteiger partial charge is 0.448 e. The van der Waals surface area contributed by atoms with Gasteiger partial charge in [-0.15, -0.1) is 0 Å². The molecular weight excluding hydrogens is 374 g/mol. The lowest BCUT2D eigenvalue weighted by molar-refractivity contribution is 0.0700. The number of carbonyl (C=O) groups is 1. The molecule has 1 atom stereocenters. The van der Waals surface area contributed by atoms with Gasteiger partial charge in [0.25, 0.3) is 5.91 Å². The average molecular weight is 396 g/mol. The highest BCUT2D eigenvalue weighted by atomic mass is 35.5. The van der Waals surface area contributed by atoms with Crippen molar-refractivity contribution < 1.29 is 9.21 Å².